The molecule has 0 saturated heterocycles. The molecule has 4 heteroatoms. The first kappa shape index (κ1) is 15.4. The number of nitrogens with one attached hydrogen (secondary N) is 1. The maximum Gasteiger partial charge on any atom is 0.320 e. The minimum absolute atomic E-state index is 0.477. The molecule has 16 heavy (non-hydrogen) atoms. The third-order valence-electron chi connectivity index (χ3n) is 2.37. The first-order valence-electron chi connectivity index (χ1n) is 6.11. The summed E-state index contributed by atoms with van der Waals surface area (Å²) in [7, 11) is 0. The highest BCUT2D eigenvalue weighted by atomic mass is 16.5. The van der Waals surface area contributed by atoms with E-state index in [1.165, 1.54) is 0 Å². The van der Waals surface area contributed by atoms with E-state index in [2.05, 4.69) is 19.2 Å². The summed E-state index contributed by atoms with van der Waals surface area (Å²) in [5, 5.41) is 11.8. The lowest BCUT2D eigenvalue weighted by molar-refractivity contribution is -0.140. The third kappa shape index (κ3) is 8.68. The second kappa shape index (κ2) is 9.60. The Balaban J connectivity index is 3.44. The molecule has 96 valence electrons. The van der Waals surface area contributed by atoms with E-state index in [4.69, 9.17) is 9.84 Å². The standard InChI is InChI=1S/C12H25NO3/c1-4-13-11(12(14)15)7-9-16-8-5-6-10(2)3/h10-11,13H,4-9H2,1-3H3,(H,14,15). The zero-order valence-electron chi connectivity index (χ0n) is 10.7. The summed E-state index contributed by atoms with van der Waals surface area (Å²) < 4.78 is 5.41. The van der Waals surface area contributed by atoms with E-state index in [9.17, 15) is 4.79 Å². The van der Waals surface area contributed by atoms with Gasteiger partial charge in [-0.1, -0.05) is 20.8 Å². The van der Waals surface area contributed by atoms with Gasteiger partial charge in [0, 0.05) is 13.2 Å². The molecule has 0 aliphatic heterocycles. The Morgan fingerprint density at radius 2 is 2.00 bits per heavy atom. The summed E-state index contributed by atoms with van der Waals surface area (Å²) in [6.45, 7) is 8.19. The molecule has 0 aliphatic carbocycles. The van der Waals surface area contributed by atoms with Gasteiger partial charge in [0.25, 0.3) is 0 Å². The second-order valence-corrected chi connectivity index (χ2v) is 4.39. The van der Waals surface area contributed by atoms with Crippen LogP contribution < -0.4 is 5.32 Å². The van der Waals surface area contributed by atoms with E-state index in [1.54, 1.807) is 0 Å². The number of ether oxygens (including phenoxy) is 1. The number of hydrogen-bond donors (Lipinski definition) is 2. The number of aliphatic carboxylic acids is 1. The molecule has 1 atom stereocenters. The second-order valence-electron chi connectivity index (χ2n) is 4.39. The van der Waals surface area contributed by atoms with Crippen LogP contribution in [0, 0.1) is 5.92 Å². The quantitative estimate of drug-likeness (QED) is 0.564. The van der Waals surface area contributed by atoms with E-state index in [1.807, 2.05) is 6.92 Å². The summed E-state index contributed by atoms with van der Waals surface area (Å²) >= 11 is 0. The lowest BCUT2D eigenvalue weighted by Gasteiger charge is -2.13. The number of rotatable bonds is 10. The summed E-state index contributed by atoms with van der Waals surface area (Å²) in [5.74, 6) is -0.0928. The predicted molar refractivity (Wildman–Crippen MR) is 64.6 cm³/mol. The molecule has 0 saturated carbocycles. The molecule has 0 amide bonds. The summed E-state index contributed by atoms with van der Waals surface area (Å²) in [5.41, 5.74) is 0. The molecular formula is C12H25NO3. The topological polar surface area (TPSA) is 58.6 Å². The van der Waals surface area contributed by atoms with Crippen LogP contribution in [0.3, 0.4) is 0 Å². The monoisotopic (exact) mass is 231 g/mol. The Hall–Kier alpha value is -0.610. The lowest BCUT2D eigenvalue weighted by Crippen LogP contribution is -2.37. The van der Waals surface area contributed by atoms with Crippen LogP contribution in [0.1, 0.15) is 40.0 Å². The minimum Gasteiger partial charge on any atom is -0.480 e. The van der Waals surface area contributed by atoms with Crippen molar-refractivity contribution in [3.8, 4) is 0 Å². The van der Waals surface area contributed by atoms with Gasteiger partial charge in [-0.3, -0.25) is 4.79 Å². The average Bonchev–Trinajstić information content (AvgIpc) is 2.20. The van der Waals surface area contributed by atoms with Gasteiger partial charge in [-0.05, 0) is 31.7 Å². The van der Waals surface area contributed by atoms with E-state index in [0.717, 1.165) is 19.4 Å². The maximum absolute atomic E-state index is 10.8. The maximum atomic E-state index is 10.8. The molecule has 2 N–H and O–H groups in total. The Labute approximate surface area is 98.4 Å². The fourth-order valence-electron chi connectivity index (χ4n) is 1.46. The van der Waals surface area contributed by atoms with Gasteiger partial charge in [-0.2, -0.15) is 0 Å². The third-order valence-corrected chi connectivity index (χ3v) is 2.37. The molecule has 0 fully saturated rings. The Bertz CT molecular complexity index is 183. The first-order valence-corrected chi connectivity index (χ1v) is 6.11. The number of carbonyl (C=O) groups is 1. The van der Waals surface area contributed by atoms with Crippen LogP contribution in [0.5, 0.6) is 0 Å². The largest absolute Gasteiger partial charge is 0.480 e. The molecular weight excluding hydrogens is 206 g/mol. The van der Waals surface area contributed by atoms with E-state index >= 15 is 0 Å². The summed E-state index contributed by atoms with van der Waals surface area (Å²) in [6, 6.07) is -0.477. The highest BCUT2D eigenvalue weighted by Crippen LogP contribution is 2.03. The van der Waals surface area contributed by atoms with Crippen molar-refractivity contribution >= 4 is 5.97 Å². The number of carboxylic acids is 1. The average molecular weight is 231 g/mol. The molecule has 0 aromatic heterocycles. The van der Waals surface area contributed by atoms with Crippen molar-refractivity contribution < 1.29 is 14.6 Å². The molecule has 0 heterocycles. The van der Waals surface area contributed by atoms with Gasteiger partial charge in [0.15, 0.2) is 0 Å². The van der Waals surface area contributed by atoms with E-state index in [-0.39, 0.29) is 0 Å². The number of carboxylic acid groups (broad SMARTS) is 1. The fourth-order valence-corrected chi connectivity index (χ4v) is 1.46. The normalized spacial score (nSPS) is 13.0. The summed E-state index contributed by atoms with van der Waals surface area (Å²) in [4.78, 5) is 10.8. The molecule has 4 nitrogen and oxygen atoms in total. The lowest BCUT2D eigenvalue weighted by atomic mass is 10.1. The zero-order chi connectivity index (χ0) is 12.4. The molecule has 1 unspecified atom stereocenters. The van der Waals surface area contributed by atoms with Crippen molar-refractivity contribution in [2.24, 2.45) is 5.92 Å². The van der Waals surface area contributed by atoms with Gasteiger partial charge in [0.05, 0.1) is 0 Å². The van der Waals surface area contributed by atoms with Gasteiger partial charge in [0.2, 0.25) is 0 Å². The predicted octanol–water partition coefficient (Wildman–Crippen LogP) is 1.89. The number of likely N-dealkylation sites (N-methyl/N-ethyl adjacent to an activating group) is 1. The van der Waals surface area contributed by atoms with Crippen LogP contribution in [-0.4, -0.2) is 36.9 Å². The Morgan fingerprint density at radius 1 is 1.31 bits per heavy atom. The van der Waals surface area contributed by atoms with Crippen LogP contribution >= 0.6 is 0 Å². The van der Waals surface area contributed by atoms with Gasteiger partial charge < -0.3 is 15.2 Å². The minimum atomic E-state index is -0.798. The summed E-state index contributed by atoms with van der Waals surface area (Å²) in [6.07, 6.45) is 2.75. The molecule has 0 aliphatic rings. The molecule has 0 aromatic rings. The van der Waals surface area contributed by atoms with Crippen LogP contribution in [0.2, 0.25) is 0 Å². The van der Waals surface area contributed by atoms with E-state index in [0.29, 0.717) is 25.5 Å². The fraction of sp³-hybridized carbons (Fsp3) is 0.917. The van der Waals surface area contributed by atoms with Crippen LogP contribution in [0.25, 0.3) is 0 Å². The van der Waals surface area contributed by atoms with Crippen LogP contribution in [0.4, 0.5) is 0 Å². The first-order chi connectivity index (χ1) is 7.57. The van der Waals surface area contributed by atoms with Crippen molar-refractivity contribution in [2.45, 2.75) is 46.1 Å². The highest BCUT2D eigenvalue weighted by molar-refractivity contribution is 5.73. The van der Waals surface area contributed by atoms with Crippen LogP contribution in [-0.2, 0) is 9.53 Å². The molecule has 0 rings (SSSR count). The van der Waals surface area contributed by atoms with Gasteiger partial charge in [-0.15, -0.1) is 0 Å². The zero-order valence-corrected chi connectivity index (χ0v) is 10.7. The van der Waals surface area contributed by atoms with E-state index < -0.39 is 12.0 Å². The van der Waals surface area contributed by atoms with Gasteiger partial charge in [0.1, 0.15) is 6.04 Å². The number of hydrogen-bond acceptors (Lipinski definition) is 3. The van der Waals surface area contributed by atoms with Crippen molar-refractivity contribution in [1.82, 2.24) is 5.32 Å². The van der Waals surface area contributed by atoms with Gasteiger partial charge >= 0.3 is 5.97 Å². The van der Waals surface area contributed by atoms with Gasteiger partial charge in [-0.25, -0.2) is 0 Å². The molecule has 0 bridgehead atoms. The smallest absolute Gasteiger partial charge is 0.320 e. The van der Waals surface area contributed by atoms with Crippen molar-refractivity contribution in [3.63, 3.8) is 0 Å². The Kier molecular flexibility index (Phi) is 9.24. The highest BCUT2D eigenvalue weighted by Gasteiger charge is 2.14. The molecule has 0 spiro atoms. The van der Waals surface area contributed by atoms with Crippen LogP contribution in [0.15, 0.2) is 0 Å². The van der Waals surface area contributed by atoms with Crippen molar-refractivity contribution in [3.05, 3.63) is 0 Å². The van der Waals surface area contributed by atoms with Crippen molar-refractivity contribution in [1.29, 1.82) is 0 Å². The SMILES string of the molecule is CCNC(CCOCCCC(C)C)C(=O)O. The van der Waals surface area contributed by atoms with Crippen molar-refractivity contribution in [2.75, 3.05) is 19.8 Å². The molecule has 0 radical (unpaired) electrons. The Morgan fingerprint density at radius 3 is 2.50 bits per heavy atom. The molecule has 0 aromatic carbocycles.